The molecule has 0 spiro atoms. The van der Waals surface area contributed by atoms with E-state index in [0.717, 1.165) is 33.4 Å². The first kappa shape index (κ1) is 17.9. The third kappa shape index (κ3) is 2.99. The predicted molar refractivity (Wildman–Crippen MR) is 117 cm³/mol. The number of fused-ring (bicyclic) bond motifs is 3. The van der Waals surface area contributed by atoms with Crippen LogP contribution in [0.4, 0.5) is 0 Å². The minimum atomic E-state index is -3.52. The van der Waals surface area contributed by atoms with Gasteiger partial charge in [0.25, 0.3) is 0 Å². The summed E-state index contributed by atoms with van der Waals surface area (Å²) in [5, 5.41) is -0.599. The van der Waals surface area contributed by atoms with Crippen molar-refractivity contribution in [1.82, 2.24) is 0 Å². The van der Waals surface area contributed by atoms with E-state index in [1.54, 1.807) is 24.3 Å². The van der Waals surface area contributed by atoms with Crippen LogP contribution in [0.1, 0.15) is 16.4 Å². The molecule has 0 saturated heterocycles. The van der Waals surface area contributed by atoms with Gasteiger partial charge in [0.2, 0.25) is 0 Å². The van der Waals surface area contributed by atoms with Crippen LogP contribution in [0.5, 0.6) is 0 Å². The first-order valence-electron chi connectivity index (χ1n) is 9.72. The van der Waals surface area contributed by atoms with Crippen molar-refractivity contribution >= 4 is 9.84 Å². The van der Waals surface area contributed by atoms with Crippen LogP contribution >= 0.6 is 0 Å². The summed E-state index contributed by atoms with van der Waals surface area (Å²) in [6, 6.07) is 33.1. The predicted octanol–water partition coefficient (Wildman–Crippen LogP) is 6.09. The number of benzene rings is 4. The molecule has 142 valence electrons. The van der Waals surface area contributed by atoms with Gasteiger partial charge in [-0.15, -0.1) is 0 Å². The molecule has 5 rings (SSSR count). The average molecular weight is 397 g/mol. The highest BCUT2D eigenvalue weighted by Crippen LogP contribution is 2.46. The molecule has 29 heavy (non-hydrogen) atoms. The first-order valence-corrected chi connectivity index (χ1v) is 11.3. The first-order chi connectivity index (χ1) is 14.2. The third-order valence-corrected chi connectivity index (χ3v) is 7.79. The van der Waals surface area contributed by atoms with Crippen molar-refractivity contribution in [2.24, 2.45) is 0 Å². The summed E-state index contributed by atoms with van der Waals surface area (Å²) in [6.45, 7) is 0. The van der Waals surface area contributed by atoms with Crippen molar-refractivity contribution < 1.29 is 8.42 Å². The van der Waals surface area contributed by atoms with Crippen LogP contribution in [0.3, 0.4) is 0 Å². The van der Waals surface area contributed by atoms with Crippen LogP contribution in [0.2, 0.25) is 0 Å². The molecule has 4 aromatic rings. The van der Waals surface area contributed by atoms with Gasteiger partial charge in [0.1, 0.15) is 0 Å². The summed E-state index contributed by atoms with van der Waals surface area (Å²) in [4.78, 5) is 0.375. The van der Waals surface area contributed by atoms with E-state index in [2.05, 4.69) is 30.3 Å². The van der Waals surface area contributed by atoms with E-state index in [9.17, 15) is 8.42 Å². The van der Waals surface area contributed by atoms with Crippen molar-refractivity contribution in [3.63, 3.8) is 0 Å². The molecule has 4 aromatic carbocycles. The monoisotopic (exact) mass is 396 g/mol. The van der Waals surface area contributed by atoms with E-state index in [1.807, 2.05) is 48.5 Å². The molecule has 1 aliphatic carbocycles. The molecule has 3 heteroatoms. The largest absolute Gasteiger partial charge is 0.223 e. The van der Waals surface area contributed by atoms with Crippen molar-refractivity contribution in [2.45, 2.75) is 16.6 Å². The fourth-order valence-corrected chi connectivity index (χ4v) is 6.11. The van der Waals surface area contributed by atoms with Gasteiger partial charge in [0.05, 0.1) is 10.1 Å². The maximum atomic E-state index is 13.6. The fourth-order valence-electron chi connectivity index (χ4n) is 4.32. The van der Waals surface area contributed by atoms with Crippen molar-refractivity contribution in [3.8, 4) is 22.3 Å². The highest BCUT2D eigenvalue weighted by molar-refractivity contribution is 7.91. The topological polar surface area (TPSA) is 34.1 Å². The molecule has 0 unspecified atom stereocenters. The Kier molecular flexibility index (Phi) is 4.33. The van der Waals surface area contributed by atoms with Crippen molar-refractivity contribution in [3.05, 3.63) is 114 Å². The van der Waals surface area contributed by atoms with Crippen LogP contribution in [0, 0.1) is 0 Å². The second-order valence-corrected chi connectivity index (χ2v) is 9.47. The third-order valence-electron chi connectivity index (χ3n) is 5.69. The van der Waals surface area contributed by atoms with E-state index in [4.69, 9.17) is 0 Å². The minimum absolute atomic E-state index is 0.375. The van der Waals surface area contributed by atoms with E-state index < -0.39 is 15.1 Å². The second-order valence-electron chi connectivity index (χ2n) is 7.34. The van der Waals surface area contributed by atoms with E-state index in [1.165, 1.54) is 0 Å². The Balaban J connectivity index is 1.74. The summed E-state index contributed by atoms with van der Waals surface area (Å²) in [7, 11) is -3.52. The van der Waals surface area contributed by atoms with E-state index >= 15 is 0 Å². The zero-order chi connectivity index (χ0) is 19.8. The molecule has 0 fully saturated rings. The molecule has 0 amide bonds. The summed E-state index contributed by atoms with van der Waals surface area (Å²) < 4.78 is 27.2. The maximum Gasteiger partial charge on any atom is 0.185 e. The Morgan fingerprint density at radius 1 is 0.586 bits per heavy atom. The van der Waals surface area contributed by atoms with Crippen LogP contribution in [-0.2, 0) is 16.3 Å². The van der Waals surface area contributed by atoms with Gasteiger partial charge in [-0.1, -0.05) is 91.0 Å². The van der Waals surface area contributed by atoms with Gasteiger partial charge in [-0.25, -0.2) is 8.42 Å². The quantitative estimate of drug-likeness (QED) is 0.420. The highest BCUT2D eigenvalue weighted by atomic mass is 32.2. The zero-order valence-electron chi connectivity index (χ0n) is 15.8. The molecule has 2 nitrogen and oxygen atoms in total. The zero-order valence-corrected chi connectivity index (χ0v) is 16.6. The normalized spacial score (nSPS) is 15.4. The molecule has 0 bridgehead atoms. The Morgan fingerprint density at radius 2 is 1.17 bits per heavy atom. The maximum absolute atomic E-state index is 13.6. The summed E-state index contributed by atoms with van der Waals surface area (Å²) >= 11 is 0. The Bertz CT molecular complexity index is 1260. The molecule has 0 saturated carbocycles. The Morgan fingerprint density at radius 3 is 1.93 bits per heavy atom. The smallest absolute Gasteiger partial charge is 0.185 e. The number of sulfone groups is 1. The molecule has 0 radical (unpaired) electrons. The van der Waals surface area contributed by atoms with Crippen LogP contribution in [0.25, 0.3) is 22.3 Å². The lowest BCUT2D eigenvalue weighted by molar-refractivity contribution is 0.580. The number of rotatable bonds is 3. The molecule has 0 N–H and O–H groups in total. The Labute approximate surface area is 171 Å². The van der Waals surface area contributed by atoms with Gasteiger partial charge in [0, 0.05) is 0 Å². The lowest BCUT2D eigenvalue weighted by Gasteiger charge is -2.29. The van der Waals surface area contributed by atoms with Gasteiger partial charge in [-0.3, -0.25) is 0 Å². The molecular weight excluding hydrogens is 376 g/mol. The molecule has 1 aliphatic rings. The summed E-state index contributed by atoms with van der Waals surface area (Å²) in [5.41, 5.74) is 6.33. The van der Waals surface area contributed by atoms with Gasteiger partial charge < -0.3 is 0 Å². The molecule has 0 aromatic heterocycles. The number of hydrogen-bond donors (Lipinski definition) is 0. The standard InChI is InChI=1S/C26H20O2S/c27-29(28,20-12-5-2-6-13-20)26-18-25-21(19-10-3-1-4-11-19)16-9-17-23(25)22-14-7-8-15-24(22)26/h1-17,26H,18H2/t26-/m1/s1. The van der Waals surface area contributed by atoms with Crippen LogP contribution in [-0.4, -0.2) is 8.42 Å². The van der Waals surface area contributed by atoms with Crippen LogP contribution < -0.4 is 0 Å². The van der Waals surface area contributed by atoms with Crippen molar-refractivity contribution in [1.29, 1.82) is 0 Å². The summed E-state index contributed by atoms with van der Waals surface area (Å²) in [5.74, 6) is 0. The van der Waals surface area contributed by atoms with Gasteiger partial charge in [0.15, 0.2) is 9.84 Å². The molecule has 0 aliphatic heterocycles. The summed E-state index contributed by atoms with van der Waals surface area (Å²) in [6.07, 6.45) is 0.467. The van der Waals surface area contributed by atoms with Gasteiger partial charge in [-0.2, -0.15) is 0 Å². The molecule has 0 heterocycles. The van der Waals surface area contributed by atoms with Gasteiger partial charge in [-0.05, 0) is 51.9 Å². The van der Waals surface area contributed by atoms with E-state index in [0.29, 0.717) is 11.3 Å². The minimum Gasteiger partial charge on any atom is -0.223 e. The Hall–Kier alpha value is -3.17. The van der Waals surface area contributed by atoms with Crippen LogP contribution in [0.15, 0.2) is 108 Å². The molecular formula is C26H20O2S. The van der Waals surface area contributed by atoms with Gasteiger partial charge >= 0.3 is 0 Å². The lowest BCUT2D eigenvalue weighted by atomic mass is 9.81. The fraction of sp³-hybridized carbons (Fsp3) is 0.0769. The van der Waals surface area contributed by atoms with E-state index in [-0.39, 0.29) is 0 Å². The molecule has 1 atom stereocenters. The second kappa shape index (κ2) is 7.02. The highest BCUT2D eigenvalue weighted by Gasteiger charge is 2.35. The lowest BCUT2D eigenvalue weighted by Crippen LogP contribution is -2.21. The number of hydrogen-bond acceptors (Lipinski definition) is 2. The van der Waals surface area contributed by atoms with Crippen molar-refractivity contribution in [2.75, 3.05) is 0 Å². The SMILES string of the molecule is O=S(=O)(c1ccccc1)[C@@H]1Cc2c(-c3ccccc3)cccc2-c2ccccc21. The average Bonchev–Trinajstić information content (AvgIpc) is 2.79.